The first kappa shape index (κ1) is 19.9. The Balaban J connectivity index is 1.97. The molecule has 148 valence electrons. The second kappa shape index (κ2) is 8.86. The van der Waals surface area contributed by atoms with Crippen molar-refractivity contribution in [2.45, 2.75) is 0 Å². The lowest BCUT2D eigenvalue weighted by atomic mass is 10.1. The number of ether oxygens (including phenoxy) is 2. The molecule has 2 aromatic heterocycles. The fourth-order valence-corrected chi connectivity index (χ4v) is 3.05. The number of nitrogens with one attached hydrogen (secondary N) is 1. The van der Waals surface area contributed by atoms with Crippen molar-refractivity contribution in [1.29, 1.82) is 0 Å². The van der Waals surface area contributed by atoms with Gasteiger partial charge < -0.3 is 24.1 Å². The maximum Gasteiger partial charge on any atom is 0.341 e. The Labute approximate surface area is 163 Å². The van der Waals surface area contributed by atoms with Crippen molar-refractivity contribution in [3.8, 4) is 0 Å². The largest absolute Gasteiger partial charge is 0.461 e. The summed E-state index contributed by atoms with van der Waals surface area (Å²) in [6, 6.07) is 11.0. The Morgan fingerprint density at radius 2 is 1.93 bits per heavy atom. The summed E-state index contributed by atoms with van der Waals surface area (Å²) in [5.74, 6) is -0.544. The van der Waals surface area contributed by atoms with Gasteiger partial charge in [0.05, 0.1) is 23.2 Å². The second-order valence-corrected chi connectivity index (χ2v) is 6.75. The Bertz CT molecular complexity index is 994. The van der Waals surface area contributed by atoms with Crippen LogP contribution >= 0.6 is 0 Å². The molecule has 0 spiro atoms. The zero-order chi connectivity index (χ0) is 20.1. The first-order valence-corrected chi connectivity index (χ1v) is 9.14. The number of hydrogen-bond acceptors (Lipinski definition) is 5. The molecule has 1 aromatic carbocycles. The molecule has 2 heterocycles. The van der Waals surface area contributed by atoms with E-state index in [1.54, 1.807) is 25.3 Å². The van der Waals surface area contributed by atoms with Crippen LogP contribution in [-0.4, -0.2) is 68.7 Å². The number of pyridine rings is 1. The van der Waals surface area contributed by atoms with Gasteiger partial charge in [-0.05, 0) is 38.4 Å². The molecule has 1 amide bonds. The molecule has 3 aromatic rings. The van der Waals surface area contributed by atoms with Crippen molar-refractivity contribution in [3.05, 3.63) is 53.7 Å². The second-order valence-electron chi connectivity index (χ2n) is 6.75. The van der Waals surface area contributed by atoms with Gasteiger partial charge in [0.1, 0.15) is 6.61 Å². The van der Waals surface area contributed by atoms with Crippen molar-refractivity contribution in [3.63, 3.8) is 0 Å². The molecule has 0 radical (unpaired) electrons. The van der Waals surface area contributed by atoms with Crippen LogP contribution in [0, 0.1) is 0 Å². The zero-order valence-electron chi connectivity index (χ0n) is 16.4. The lowest BCUT2D eigenvalue weighted by Gasteiger charge is -2.10. The van der Waals surface area contributed by atoms with Gasteiger partial charge in [0.25, 0.3) is 5.91 Å². The highest BCUT2D eigenvalue weighted by Gasteiger charge is 2.20. The third-order valence-corrected chi connectivity index (χ3v) is 4.47. The molecule has 0 fully saturated rings. The van der Waals surface area contributed by atoms with Crippen LogP contribution in [0.4, 0.5) is 0 Å². The van der Waals surface area contributed by atoms with Gasteiger partial charge >= 0.3 is 5.97 Å². The topological polar surface area (TPSA) is 72.3 Å². The molecular formula is C21H25N3O4. The summed E-state index contributed by atoms with van der Waals surface area (Å²) in [7, 11) is 5.44. The van der Waals surface area contributed by atoms with Gasteiger partial charge in [-0.1, -0.05) is 12.1 Å². The van der Waals surface area contributed by atoms with Crippen molar-refractivity contribution < 1.29 is 19.1 Å². The van der Waals surface area contributed by atoms with Crippen LogP contribution in [0.2, 0.25) is 0 Å². The van der Waals surface area contributed by atoms with E-state index >= 15 is 0 Å². The first-order chi connectivity index (χ1) is 13.5. The minimum absolute atomic E-state index is 0.181. The molecule has 0 unspecified atom stereocenters. The highest BCUT2D eigenvalue weighted by Crippen LogP contribution is 2.28. The number of carbonyl (C=O) groups excluding carboxylic acids is 2. The summed E-state index contributed by atoms with van der Waals surface area (Å²) in [6.07, 6.45) is 1.88. The summed E-state index contributed by atoms with van der Waals surface area (Å²) in [4.78, 5) is 27.1. The number of amides is 1. The maximum absolute atomic E-state index is 12.8. The molecule has 0 saturated carbocycles. The summed E-state index contributed by atoms with van der Waals surface area (Å²) < 4.78 is 12.3. The van der Waals surface area contributed by atoms with Gasteiger partial charge in [-0.2, -0.15) is 0 Å². The Morgan fingerprint density at radius 1 is 1.11 bits per heavy atom. The molecule has 0 saturated heterocycles. The van der Waals surface area contributed by atoms with E-state index in [1.165, 1.54) is 0 Å². The lowest BCUT2D eigenvalue weighted by molar-refractivity contribution is 0.0486. The fourth-order valence-electron chi connectivity index (χ4n) is 3.05. The predicted molar refractivity (Wildman–Crippen MR) is 108 cm³/mol. The number of fused-ring (bicyclic) bond motifs is 3. The average Bonchev–Trinajstić information content (AvgIpc) is 3.01. The molecule has 28 heavy (non-hydrogen) atoms. The van der Waals surface area contributed by atoms with Crippen LogP contribution in [0.5, 0.6) is 0 Å². The van der Waals surface area contributed by atoms with E-state index in [1.807, 2.05) is 47.8 Å². The molecule has 0 aliphatic heterocycles. The van der Waals surface area contributed by atoms with E-state index in [-0.39, 0.29) is 11.9 Å². The van der Waals surface area contributed by atoms with Crippen LogP contribution in [-0.2, 0) is 9.47 Å². The third kappa shape index (κ3) is 4.16. The predicted octanol–water partition coefficient (Wildman–Crippen LogP) is 2.19. The quantitative estimate of drug-likeness (QED) is 0.477. The Morgan fingerprint density at radius 3 is 2.68 bits per heavy atom. The molecule has 7 heteroatoms. The monoisotopic (exact) mass is 383 g/mol. The Kier molecular flexibility index (Phi) is 6.28. The van der Waals surface area contributed by atoms with E-state index in [9.17, 15) is 9.59 Å². The molecule has 0 atom stereocenters. The first-order valence-electron chi connectivity index (χ1n) is 9.14. The standard InChI is InChI=1S/C21H25N3O4/c1-23(2)11-13-28-21(26)19-16-8-7-15(20(25)22-9-12-27-3)14-18(16)24-10-5-4-6-17(19)24/h4-8,10,14H,9,11-13H2,1-3H3,(H,22,25). The zero-order valence-corrected chi connectivity index (χ0v) is 16.4. The fraction of sp³-hybridized carbons (Fsp3) is 0.333. The third-order valence-electron chi connectivity index (χ3n) is 4.47. The summed E-state index contributed by atoms with van der Waals surface area (Å²) in [5, 5.41) is 3.57. The maximum atomic E-state index is 12.8. The molecule has 0 aliphatic carbocycles. The number of benzene rings is 1. The highest BCUT2D eigenvalue weighted by molar-refractivity contribution is 6.12. The SMILES string of the molecule is COCCNC(=O)c1ccc2c(C(=O)OCCN(C)C)c3ccccn3c2c1. The number of esters is 1. The number of likely N-dealkylation sites (N-methyl/N-ethyl adjacent to an activating group) is 1. The van der Waals surface area contributed by atoms with Gasteiger partial charge in [0.15, 0.2) is 0 Å². The normalized spacial score (nSPS) is 11.3. The molecule has 0 bridgehead atoms. The minimum atomic E-state index is -0.363. The number of methoxy groups -OCH3 is 1. The van der Waals surface area contributed by atoms with Crippen LogP contribution in [0.25, 0.3) is 16.4 Å². The summed E-state index contributed by atoms with van der Waals surface area (Å²) in [5.41, 5.74) is 2.58. The van der Waals surface area contributed by atoms with Gasteiger partial charge in [0.2, 0.25) is 0 Å². The van der Waals surface area contributed by atoms with Crippen LogP contribution in [0.1, 0.15) is 20.7 Å². The van der Waals surface area contributed by atoms with Crippen molar-refractivity contribution in [2.24, 2.45) is 0 Å². The average molecular weight is 383 g/mol. The van der Waals surface area contributed by atoms with E-state index in [0.29, 0.717) is 37.4 Å². The number of hydrogen-bond donors (Lipinski definition) is 1. The molecule has 3 rings (SSSR count). The molecular weight excluding hydrogens is 358 g/mol. The van der Waals surface area contributed by atoms with Crippen molar-refractivity contribution in [1.82, 2.24) is 14.6 Å². The molecule has 1 N–H and O–H groups in total. The van der Waals surface area contributed by atoms with Crippen LogP contribution in [0.15, 0.2) is 42.6 Å². The summed E-state index contributed by atoms with van der Waals surface area (Å²) >= 11 is 0. The van der Waals surface area contributed by atoms with Crippen molar-refractivity contribution >= 4 is 28.3 Å². The number of rotatable bonds is 8. The van der Waals surface area contributed by atoms with Crippen LogP contribution < -0.4 is 5.32 Å². The Hall–Kier alpha value is -2.90. The van der Waals surface area contributed by atoms with E-state index in [4.69, 9.17) is 9.47 Å². The smallest absolute Gasteiger partial charge is 0.341 e. The van der Waals surface area contributed by atoms with E-state index < -0.39 is 0 Å². The highest BCUT2D eigenvalue weighted by atomic mass is 16.5. The van der Waals surface area contributed by atoms with Gasteiger partial charge in [-0.15, -0.1) is 0 Å². The summed E-state index contributed by atoms with van der Waals surface area (Å²) in [6.45, 7) is 1.86. The van der Waals surface area contributed by atoms with Gasteiger partial charge in [-0.3, -0.25) is 4.79 Å². The van der Waals surface area contributed by atoms with Crippen LogP contribution in [0.3, 0.4) is 0 Å². The molecule has 0 aliphatic rings. The minimum Gasteiger partial charge on any atom is -0.461 e. The lowest BCUT2D eigenvalue weighted by Crippen LogP contribution is -2.26. The van der Waals surface area contributed by atoms with Gasteiger partial charge in [0, 0.05) is 37.3 Å². The van der Waals surface area contributed by atoms with E-state index in [2.05, 4.69) is 5.32 Å². The number of nitrogens with zero attached hydrogens (tertiary/aromatic N) is 2. The number of aromatic nitrogens is 1. The van der Waals surface area contributed by atoms with Gasteiger partial charge in [-0.25, -0.2) is 4.79 Å². The molecule has 7 nitrogen and oxygen atoms in total. The van der Waals surface area contributed by atoms with E-state index in [0.717, 1.165) is 16.4 Å². The van der Waals surface area contributed by atoms with Crippen molar-refractivity contribution in [2.75, 3.05) is 47.5 Å². The number of carbonyl (C=O) groups is 2.